The third-order valence-electron chi connectivity index (χ3n) is 4.54. The van der Waals surface area contributed by atoms with Gasteiger partial charge in [-0.2, -0.15) is 4.98 Å². The minimum absolute atomic E-state index is 0.0398. The van der Waals surface area contributed by atoms with Gasteiger partial charge in [-0.05, 0) is 43.7 Å². The molecule has 2 aliphatic rings. The number of carbonyl (C=O) groups is 1. The van der Waals surface area contributed by atoms with E-state index in [1.54, 1.807) is 0 Å². The number of nitrogens with one attached hydrogen (secondary N) is 2. The molecule has 0 spiro atoms. The van der Waals surface area contributed by atoms with Gasteiger partial charge in [-0.25, -0.2) is 18.6 Å². The van der Waals surface area contributed by atoms with E-state index in [4.69, 9.17) is 11.6 Å². The molecule has 0 aromatic carbocycles. The Morgan fingerprint density at radius 2 is 2.12 bits per heavy atom. The first-order valence-corrected chi connectivity index (χ1v) is 8.53. The highest BCUT2D eigenvalue weighted by Gasteiger charge is 2.37. The van der Waals surface area contributed by atoms with Crippen LogP contribution < -0.4 is 10.6 Å². The molecule has 0 bridgehead atoms. The van der Waals surface area contributed by atoms with Crippen LogP contribution in [0.3, 0.4) is 0 Å². The molecular weight excluding hydrogens is 340 g/mol. The lowest BCUT2D eigenvalue weighted by Gasteiger charge is -2.40. The molecule has 1 unspecified atom stereocenters. The number of amides is 2. The first-order valence-electron chi connectivity index (χ1n) is 8.15. The Kier molecular flexibility index (Phi) is 5.03. The molecule has 1 saturated heterocycles. The highest BCUT2D eigenvalue weighted by Crippen LogP contribution is 2.30. The maximum Gasteiger partial charge on any atom is 0.319 e. The van der Waals surface area contributed by atoms with Gasteiger partial charge < -0.3 is 15.5 Å². The average Bonchev–Trinajstić information content (AvgIpc) is 2.98. The summed E-state index contributed by atoms with van der Waals surface area (Å²) < 4.78 is 27.3. The third-order valence-corrected chi connectivity index (χ3v) is 4.73. The van der Waals surface area contributed by atoms with Crippen LogP contribution >= 0.6 is 11.6 Å². The molecule has 1 atom stereocenters. The summed E-state index contributed by atoms with van der Waals surface area (Å²) in [5, 5.41) is 5.86. The largest absolute Gasteiger partial charge is 0.345 e. The molecule has 2 fully saturated rings. The fourth-order valence-electron chi connectivity index (χ4n) is 3.28. The first kappa shape index (κ1) is 17.1. The zero-order valence-corrected chi connectivity index (χ0v) is 14.0. The lowest BCUT2D eigenvalue weighted by Crippen LogP contribution is -2.58. The normalized spacial score (nSPS) is 23.1. The minimum atomic E-state index is -0.982. The molecule has 1 aliphatic carbocycles. The summed E-state index contributed by atoms with van der Waals surface area (Å²) in [5.74, 6) is -0.675. The standard InChI is InChI=1S/C15H20ClF2N5O/c16-13-19-8-11(18)12(20-13)21-15(5-2-1-3-6-15)22-14(24)23-7-4-10(17)9-23/h8,10H,1-7,9H2,(H,22,24)(H,19,20,21). The molecule has 132 valence electrons. The lowest BCUT2D eigenvalue weighted by molar-refractivity contribution is 0.181. The van der Waals surface area contributed by atoms with E-state index in [0.29, 0.717) is 25.8 Å². The number of hydrogen-bond acceptors (Lipinski definition) is 4. The second-order valence-electron chi connectivity index (χ2n) is 6.37. The molecule has 1 aromatic heterocycles. The van der Waals surface area contributed by atoms with Crippen molar-refractivity contribution in [2.45, 2.75) is 50.4 Å². The number of likely N-dealkylation sites (tertiary alicyclic amines) is 1. The zero-order chi connectivity index (χ0) is 17.2. The Morgan fingerprint density at radius 3 is 2.79 bits per heavy atom. The Hall–Kier alpha value is -1.70. The number of urea groups is 1. The van der Waals surface area contributed by atoms with Crippen molar-refractivity contribution in [3.8, 4) is 0 Å². The Morgan fingerprint density at radius 1 is 1.38 bits per heavy atom. The van der Waals surface area contributed by atoms with Gasteiger partial charge in [0.25, 0.3) is 0 Å². The highest BCUT2D eigenvalue weighted by molar-refractivity contribution is 6.28. The van der Waals surface area contributed by atoms with Crippen molar-refractivity contribution < 1.29 is 13.6 Å². The van der Waals surface area contributed by atoms with E-state index in [-0.39, 0.29) is 23.7 Å². The number of alkyl halides is 1. The van der Waals surface area contributed by atoms with Gasteiger partial charge in [0.1, 0.15) is 11.8 Å². The summed E-state index contributed by atoms with van der Waals surface area (Å²) in [6.45, 7) is 0.479. The maximum atomic E-state index is 14.0. The molecule has 6 nitrogen and oxygen atoms in total. The number of hydrogen-bond donors (Lipinski definition) is 2. The maximum absolute atomic E-state index is 14.0. The molecule has 3 rings (SSSR count). The second kappa shape index (κ2) is 7.04. The minimum Gasteiger partial charge on any atom is -0.345 e. The quantitative estimate of drug-likeness (QED) is 0.642. The van der Waals surface area contributed by atoms with Gasteiger partial charge in [-0.1, -0.05) is 6.42 Å². The van der Waals surface area contributed by atoms with E-state index in [1.807, 2.05) is 0 Å². The average molecular weight is 360 g/mol. The molecule has 2 N–H and O–H groups in total. The van der Waals surface area contributed by atoms with Gasteiger partial charge >= 0.3 is 6.03 Å². The van der Waals surface area contributed by atoms with Crippen LogP contribution in [0, 0.1) is 5.82 Å². The van der Waals surface area contributed by atoms with E-state index >= 15 is 0 Å². The molecule has 1 saturated carbocycles. The molecule has 24 heavy (non-hydrogen) atoms. The topological polar surface area (TPSA) is 70.1 Å². The summed E-state index contributed by atoms with van der Waals surface area (Å²) in [6.07, 6.45) is 4.44. The smallest absolute Gasteiger partial charge is 0.319 e. The van der Waals surface area contributed by atoms with Gasteiger partial charge in [0.05, 0.1) is 12.7 Å². The van der Waals surface area contributed by atoms with Crippen LogP contribution in [-0.2, 0) is 0 Å². The summed E-state index contributed by atoms with van der Waals surface area (Å²) >= 11 is 5.74. The van der Waals surface area contributed by atoms with Gasteiger partial charge in [0.2, 0.25) is 5.28 Å². The van der Waals surface area contributed by atoms with Gasteiger partial charge in [0.15, 0.2) is 11.6 Å². The lowest BCUT2D eigenvalue weighted by atomic mass is 9.89. The van der Waals surface area contributed by atoms with Crippen LogP contribution in [0.2, 0.25) is 5.28 Å². The molecular formula is C15H20ClF2N5O. The van der Waals surface area contributed by atoms with Crippen molar-refractivity contribution in [3.63, 3.8) is 0 Å². The Balaban J connectivity index is 1.77. The van der Waals surface area contributed by atoms with Crippen LogP contribution in [0.15, 0.2) is 6.20 Å². The predicted octanol–water partition coefficient (Wildman–Crippen LogP) is 3.09. The van der Waals surface area contributed by atoms with Crippen LogP contribution in [0.4, 0.5) is 19.4 Å². The van der Waals surface area contributed by atoms with Crippen molar-refractivity contribution in [2.75, 3.05) is 18.4 Å². The van der Waals surface area contributed by atoms with E-state index < -0.39 is 17.7 Å². The summed E-state index contributed by atoms with van der Waals surface area (Å²) in [4.78, 5) is 21.4. The van der Waals surface area contributed by atoms with Gasteiger partial charge in [-0.15, -0.1) is 0 Å². The summed E-state index contributed by atoms with van der Waals surface area (Å²) in [6, 6.07) is -0.342. The molecule has 2 amide bonds. The number of carbonyl (C=O) groups excluding carboxylic acids is 1. The zero-order valence-electron chi connectivity index (χ0n) is 13.2. The van der Waals surface area contributed by atoms with Gasteiger partial charge in [0, 0.05) is 6.54 Å². The Labute approximate surface area is 144 Å². The number of rotatable bonds is 3. The van der Waals surface area contributed by atoms with E-state index in [9.17, 15) is 13.6 Å². The van der Waals surface area contributed by atoms with Crippen LogP contribution in [0.1, 0.15) is 38.5 Å². The van der Waals surface area contributed by atoms with E-state index in [2.05, 4.69) is 20.6 Å². The van der Waals surface area contributed by atoms with Crippen LogP contribution in [-0.4, -0.2) is 45.8 Å². The van der Waals surface area contributed by atoms with Gasteiger partial charge in [-0.3, -0.25) is 0 Å². The molecule has 1 aromatic rings. The van der Waals surface area contributed by atoms with Crippen molar-refractivity contribution in [1.29, 1.82) is 0 Å². The predicted molar refractivity (Wildman–Crippen MR) is 86.1 cm³/mol. The number of anilines is 1. The number of halogens is 3. The fourth-order valence-corrected chi connectivity index (χ4v) is 3.42. The summed E-state index contributed by atoms with van der Waals surface area (Å²) in [7, 11) is 0. The van der Waals surface area contributed by atoms with E-state index in [0.717, 1.165) is 25.5 Å². The third kappa shape index (κ3) is 3.85. The molecule has 9 heteroatoms. The van der Waals surface area contributed by atoms with Crippen molar-refractivity contribution in [1.82, 2.24) is 20.2 Å². The number of aromatic nitrogens is 2. The fraction of sp³-hybridized carbons (Fsp3) is 0.667. The molecule has 1 aliphatic heterocycles. The first-order chi connectivity index (χ1) is 11.5. The monoisotopic (exact) mass is 359 g/mol. The molecule has 0 radical (unpaired) electrons. The SMILES string of the molecule is O=C(NC1(Nc2nc(Cl)ncc2F)CCCCC1)N1CCC(F)C1. The molecule has 2 heterocycles. The van der Waals surface area contributed by atoms with E-state index in [1.165, 1.54) is 4.90 Å². The Bertz CT molecular complexity index is 612. The highest BCUT2D eigenvalue weighted by atomic mass is 35.5. The second-order valence-corrected chi connectivity index (χ2v) is 6.70. The van der Waals surface area contributed by atoms with Crippen molar-refractivity contribution >= 4 is 23.4 Å². The van der Waals surface area contributed by atoms with Crippen molar-refractivity contribution in [2.24, 2.45) is 0 Å². The van der Waals surface area contributed by atoms with Crippen LogP contribution in [0.25, 0.3) is 0 Å². The van der Waals surface area contributed by atoms with Crippen LogP contribution in [0.5, 0.6) is 0 Å². The summed E-state index contributed by atoms with van der Waals surface area (Å²) in [5.41, 5.74) is -0.817. The number of nitrogens with zero attached hydrogens (tertiary/aromatic N) is 3. The van der Waals surface area contributed by atoms with Crippen molar-refractivity contribution in [3.05, 3.63) is 17.3 Å².